The zero-order chi connectivity index (χ0) is 13.8. The normalized spacial score (nSPS) is 21.4. The Morgan fingerprint density at radius 2 is 2.25 bits per heavy atom. The van der Waals surface area contributed by atoms with Crippen molar-refractivity contribution in [2.24, 2.45) is 4.99 Å². The van der Waals surface area contributed by atoms with E-state index in [4.69, 9.17) is 9.15 Å². The topological polar surface area (TPSA) is 62.0 Å². The first-order valence-electron chi connectivity index (χ1n) is 7.23. The number of nitrogens with one attached hydrogen (secondary N) is 2. The van der Waals surface area contributed by atoms with E-state index in [1.54, 1.807) is 0 Å². The molecule has 2 aliphatic heterocycles. The van der Waals surface area contributed by atoms with Crippen molar-refractivity contribution in [2.75, 3.05) is 45.9 Å². The van der Waals surface area contributed by atoms with Crippen LogP contribution in [-0.4, -0.2) is 56.8 Å². The summed E-state index contributed by atoms with van der Waals surface area (Å²) in [6.07, 6.45) is 0. The summed E-state index contributed by atoms with van der Waals surface area (Å²) in [7, 11) is 0. The molecule has 1 fully saturated rings. The quantitative estimate of drug-likeness (QED) is 0.840. The van der Waals surface area contributed by atoms with E-state index in [1.807, 2.05) is 13.0 Å². The van der Waals surface area contributed by atoms with E-state index in [0.29, 0.717) is 0 Å². The van der Waals surface area contributed by atoms with Gasteiger partial charge in [-0.1, -0.05) is 0 Å². The van der Waals surface area contributed by atoms with Crippen LogP contribution in [0.4, 0.5) is 0 Å². The highest BCUT2D eigenvalue weighted by Crippen LogP contribution is 2.23. The predicted molar refractivity (Wildman–Crippen MR) is 76.9 cm³/mol. The summed E-state index contributed by atoms with van der Waals surface area (Å²) in [5.74, 6) is 2.86. The monoisotopic (exact) mass is 278 g/mol. The fraction of sp³-hybridized carbons (Fsp3) is 0.643. The number of ether oxygens (including phenoxy) is 1. The maximum Gasteiger partial charge on any atom is 0.191 e. The van der Waals surface area contributed by atoms with E-state index in [-0.39, 0.29) is 6.04 Å². The van der Waals surface area contributed by atoms with Crippen LogP contribution in [-0.2, 0) is 4.74 Å². The zero-order valence-corrected chi connectivity index (χ0v) is 11.9. The summed E-state index contributed by atoms with van der Waals surface area (Å²) >= 11 is 0. The Morgan fingerprint density at radius 3 is 2.90 bits per heavy atom. The molecule has 6 nitrogen and oxygen atoms in total. The fourth-order valence-electron chi connectivity index (χ4n) is 2.64. The van der Waals surface area contributed by atoms with Crippen molar-refractivity contribution < 1.29 is 9.15 Å². The van der Waals surface area contributed by atoms with E-state index < -0.39 is 0 Å². The van der Waals surface area contributed by atoms with E-state index in [1.165, 1.54) is 0 Å². The van der Waals surface area contributed by atoms with Crippen LogP contribution in [0.1, 0.15) is 17.6 Å². The number of nitrogens with zero attached hydrogens (tertiary/aromatic N) is 2. The maximum absolute atomic E-state index is 5.83. The Hall–Kier alpha value is -1.53. The molecule has 1 saturated heterocycles. The molecule has 3 heterocycles. The average molecular weight is 278 g/mol. The fourth-order valence-corrected chi connectivity index (χ4v) is 2.64. The molecular weight excluding hydrogens is 256 g/mol. The number of hydrogen-bond donors (Lipinski definition) is 2. The molecule has 0 unspecified atom stereocenters. The van der Waals surface area contributed by atoms with Crippen molar-refractivity contribution in [3.05, 3.63) is 23.7 Å². The Bertz CT molecular complexity index is 465. The molecule has 20 heavy (non-hydrogen) atoms. The minimum atomic E-state index is 0.220. The van der Waals surface area contributed by atoms with Crippen molar-refractivity contribution in [1.82, 2.24) is 15.5 Å². The number of aliphatic imine (C=N–C) groups is 1. The van der Waals surface area contributed by atoms with E-state index >= 15 is 0 Å². The molecule has 1 aromatic heterocycles. The second kappa shape index (κ2) is 6.28. The smallest absolute Gasteiger partial charge is 0.191 e. The lowest BCUT2D eigenvalue weighted by atomic mass is 10.1. The molecular formula is C14H22N4O2. The van der Waals surface area contributed by atoms with Crippen LogP contribution in [0.5, 0.6) is 0 Å². The molecule has 6 heteroatoms. The largest absolute Gasteiger partial charge is 0.465 e. The Balaban J connectivity index is 1.68. The Labute approximate surface area is 119 Å². The second-order valence-electron chi connectivity index (χ2n) is 5.15. The molecule has 0 amide bonds. The summed E-state index contributed by atoms with van der Waals surface area (Å²) < 4.78 is 11.3. The van der Waals surface area contributed by atoms with Crippen LogP contribution in [0.2, 0.25) is 0 Å². The van der Waals surface area contributed by atoms with Gasteiger partial charge in [0, 0.05) is 26.2 Å². The Morgan fingerprint density at radius 1 is 1.40 bits per heavy atom. The summed E-state index contributed by atoms with van der Waals surface area (Å²) in [5, 5.41) is 6.62. The van der Waals surface area contributed by atoms with Gasteiger partial charge in [-0.05, 0) is 19.1 Å². The van der Waals surface area contributed by atoms with Crippen molar-refractivity contribution in [3.8, 4) is 0 Å². The van der Waals surface area contributed by atoms with Gasteiger partial charge in [0.25, 0.3) is 0 Å². The number of aryl methyl sites for hydroxylation is 1. The molecule has 2 aliphatic rings. The van der Waals surface area contributed by atoms with Gasteiger partial charge in [-0.3, -0.25) is 9.89 Å². The van der Waals surface area contributed by atoms with E-state index in [9.17, 15) is 0 Å². The first kappa shape index (κ1) is 13.5. The average Bonchev–Trinajstić information content (AvgIpc) is 3.12. The van der Waals surface area contributed by atoms with Crippen LogP contribution in [0.25, 0.3) is 0 Å². The number of rotatable bonds is 4. The molecule has 0 aromatic carbocycles. The van der Waals surface area contributed by atoms with Gasteiger partial charge in [-0.2, -0.15) is 0 Å². The third-order valence-electron chi connectivity index (χ3n) is 3.71. The van der Waals surface area contributed by atoms with Crippen molar-refractivity contribution in [1.29, 1.82) is 0 Å². The molecule has 0 saturated carbocycles. The van der Waals surface area contributed by atoms with Gasteiger partial charge < -0.3 is 19.8 Å². The molecule has 3 rings (SSSR count). The molecule has 0 bridgehead atoms. The van der Waals surface area contributed by atoms with Gasteiger partial charge in [-0.25, -0.2) is 0 Å². The number of furan rings is 1. The standard InChI is InChI=1S/C14H22N4O2/c1-11-2-3-13(20-11)12(18-6-8-19-9-7-18)10-17-14-15-4-5-16-14/h2-3,12H,4-10H2,1H3,(H2,15,16,17)/t12-/m1/s1. The van der Waals surface area contributed by atoms with Crippen LogP contribution < -0.4 is 10.6 Å². The van der Waals surface area contributed by atoms with Gasteiger partial charge in [0.05, 0.1) is 25.8 Å². The van der Waals surface area contributed by atoms with Gasteiger partial charge in [0.1, 0.15) is 11.5 Å². The lowest BCUT2D eigenvalue weighted by Gasteiger charge is -2.33. The third kappa shape index (κ3) is 3.13. The molecule has 2 N–H and O–H groups in total. The summed E-state index contributed by atoms with van der Waals surface area (Å²) in [4.78, 5) is 6.78. The highest BCUT2D eigenvalue weighted by Gasteiger charge is 2.25. The summed E-state index contributed by atoms with van der Waals surface area (Å²) in [6.45, 7) is 7.99. The minimum absolute atomic E-state index is 0.220. The molecule has 110 valence electrons. The lowest BCUT2D eigenvalue weighted by molar-refractivity contribution is 0.0125. The molecule has 0 spiro atoms. The molecule has 1 atom stereocenters. The van der Waals surface area contributed by atoms with Crippen molar-refractivity contribution in [2.45, 2.75) is 13.0 Å². The SMILES string of the molecule is Cc1ccc([C@@H](CNC2=NCCN2)N2CCOCC2)o1. The first-order chi connectivity index (χ1) is 9.83. The summed E-state index contributed by atoms with van der Waals surface area (Å²) in [5.41, 5.74) is 0. The van der Waals surface area contributed by atoms with E-state index in [2.05, 4.69) is 26.6 Å². The van der Waals surface area contributed by atoms with Gasteiger partial charge in [0.15, 0.2) is 5.96 Å². The lowest BCUT2D eigenvalue weighted by Crippen LogP contribution is -2.45. The van der Waals surface area contributed by atoms with E-state index in [0.717, 1.165) is 63.4 Å². The molecule has 0 radical (unpaired) electrons. The van der Waals surface area contributed by atoms with Crippen LogP contribution >= 0.6 is 0 Å². The third-order valence-corrected chi connectivity index (χ3v) is 3.71. The van der Waals surface area contributed by atoms with Gasteiger partial charge in [-0.15, -0.1) is 0 Å². The summed E-state index contributed by atoms with van der Waals surface area (Å²) in [6, 6.07) is 4.31. The minimum Gasteiger partial charge on any atom is -0.465 e. The predicted octanol–water partition coefficient (Wildman–Crippen LogP) is 0.510. The zero-order valence-electron chi connectivity index (χ0n) is 11.9. The second-order valence-corrected chi connectivity index (χ2v) is 5.15. The molecule has 0 aliphatic carbocycles. The maximum atomic E-state index is 5.83. The van der Waals surface area contributed by atoms with Crippen LogP contribution in [0, 0.1) is 6.92 Å². The highest BCUT2D eigenvalue weighted by molar-refractivity contribution is 5.81. The van der Waals surface area contributed by atoms with Crippen molar-refractivity contribution in [3.63, 3.8) is 0 Å². The van der Waals surface area contributed by atoms with Gasteiger partial charge >= 0.3 is 0 Å². The van der Waals surface area contributed by atoms with Crippen LogP contribution in [0.15, 0.2) is 21.5 Å². The highest BCUT2D eigenvalue weighted by atomic mass is 16.5. The van der Waals surface area contributed by atoms with Crippen molar-refractivity contribution >= 4 is 5.96 Å². The molecule has 1 aromatic rings. The van der Waals surface area contributed by atoms with Gasteiger partial charge in [0.2, 0.25) is 0 Å². The number of guanidine groups is 1. The van der Waals surface area contributed by atoms with Crippen LogP contribution in [0.3, 0.4) is 0 Å². The number of morpholine rings is 1. The Kier molecular flexibility index (Phi) is 4.22. The number of hydrogen-bond acceptors (Lipinski definition) is 6. The first-order valence-corrected chi connectivity index (χ1v) is 7.23.